The Morgan fingerprint density at radius 1 is 1.06 bits per heavy atom. The summed E-state index contributed by atoms with van der Waals surface area (Å²) in [5.74, 6) is 1.55. The smallest absolute Gasteiger partial charge is 0.0276 e. The lowest BCUT2D eigenvalue weighted by Gasteiger charge is -2.46. The van der Waals surface area contributed by atoms with Crippen LogP contribution < -0.4 is 5.73 Å². The van der Waals surface area contributed by atoms with Gasteiger partial charge in [0.1, 0.15) is 0 Å². The van der Waals surface area contributed by atoms with Crippen LogP contribution in [0.4, 0.5) is 0 Å². The average molecular weight is 253 g/mol. The lowest BCUT2D eigenvalue weighted by Crippen LogP contribution is -2.58. The minimum absolute atomic E-state index is 0.370. The van der Waals surface area contributed by atoms with E-state index in [-0.39, 0.29) is 0 Å². The topological polar surface area (TPSA) is 32.5 Å². The molecule has 2 rings (SSSR count). The van der Waals surface area contributed by atoms with E-state index in [0.717, 1.165) is 11.8 Å². The molecule has 1 saturated heterocycles. The second-order valence-electron chi connectivity index (χ2n) is 6.91. The van der Waals surface area contributed by atoms with Gasteiger partial charge in [0.2, 0.25) is 0 Å². The van der Waals surface area contributed by atoms with Crippen molar-refractivity contribution in [2.75, 3.05) is 26.7 Å². The van der Waals surface area contributed by atoms with E-state index in [1.807, 2.05) is 0 Å². The monoisotopic (exact) mass is 253 g/mol. The quantitative estimate of drug-likeness (QED) is 0.773. The first-order valence-corrected chi connectivity index (χ1v) is 7.69. The maximum absolute atomic E-state index is 6.48. The molecule has 0 spiro atoms. The van der Waals surface area contributed by atoms with Crippen LogP contribution in [0.3, 0.4) is 0 Å². The Bertz CT molecular complexity index is 256. The molecule has 5 unspecified atom stereocenters. The highest BCUT2D eigenvalue weighted by Crippen LogP contribution is 2.33. The highest BCUT2D eigenvalue weighted by Gasteiger charge is 2.38. The molecular weight excluding hydrogens is 222 g/mol. The Balaban J connectivity index is 2.08. The first kappa shape index (κ1) is 14.3. The maximum Gasteiger partial charge on any atom is 0.0276 e. The van der Waals surface area contributed by atoms with Crippen LogP contribution in [0.25, 0.3) is 0 Å². The van der Waals surface area contributed by atoms with Gasteiger partial charge in [-0.3, -0.25) is 4.90 Å². The molecule has 1 aliphatic carbocycles. The molecular formula is C15H31N3. The number of nitrogens with two attached hydrogens (primary N) is 1. The molecule has 0 radical (unpaired) electrons. The lowest BCUT2D eigenvalue weighted by molar-refractivity contribution is 0.0484. The molecule has 1 saturated carbocycles. The fourth-order valence-corrected chi connectivity index (χ4v) is 4.30. The predicted molar refractivity (Wildman–Crippen MR) is 77.6 cm³/mol. The van der Waals surface area contributed by atoms with E-state index in [9.17, 15) is 0 Å². The van der Waals surface area contributed by atoms with Gasteiger partial charge in [-0.05, 0) is 51.6 Å². The van der Waals surface area contributed by atoms with Gasteiger partial charge < -0.3 is 10.6 Å². The van der Waals surface area contributed by atoms with Gasteiger partial charge in [-0.25, -0.2) is 0 Å². The van der Waals surface area contributed by atoms with Gasteiger partial charge >= 0.3 is 0 Å². The summed E-state index contributed by atoms with van der Waals surface area (Å²) in [6.07, 6.45) is 3.83. The third kappa shape index (κ3) is 3.06. The largest absolute Gasteiger partial charge is 0.326 e. The minimum Gasteiger partial charge on any atom is -0.326 e. The predicted octanol–water partition coefficient (Wildman–Crippen LogP) is 1.77. The number of nitrogens with zero attached hydrogens (tertiary/aromatic N) is 2. The zero-order valence-electron chi connectivity index (χ0n) is 12.6. The van der Waals surface area contributed by atoms with Crippen LogP contribution >= 0.6 is 0 Å². The standard InChI is InChI=1S/C15H31N3/c1-11-8-12(2)15(14(16)9-11)18-7-5-6-17(4)10-13(18)3/h11-15H,5-10,16H2,1-4H3. The number of hydrogen-bond donors (Lipinski definition) is 1. The summed E-state index contributed by atoms with van der Waals surface area (Å²) in [4.78, 5) is 5.18. The van der Waals surface area contributed by atoms with Crippen molar-refractivity contribution in [2.24, 2.45) is 17.6 Å². The van der Waals surface area contributed by atoms with Crippen molar-refractivity contribution >= 4 is 0 Å². The Kier molecular flexibility index (Phi) is 4.68. The van der Waals surface area contributed by atoms with E-state index in [1.165, 1.54) is 38.9 Å². The third-order valence-electron chi connectivity index (χ3n) is 4.95. The van der Waals surface area contributed by atoms with Crippen molar-refractivity contribution in [1.29, 1.82) is 0 Å². The zero-order chi connectivity index (χ0) is 13.3. The van der Waals surface area contributed by atoms with E-state index in [0.29, 0.717) is 18.1 Å². The van der Waals surface area contributed by atoms with Crippen molar-refractivity contribution in [3.8, 4) is 0 Å². The second kappa shape index (κ2) is 5.89. The molecule has 3 nitrogen and oxygen atoms in total. The van der Waals surface area contributed by atoms with Crippen LogP contribution in [-0.4, -0.2) is 54.6 Å². The fourth-order valence-electron chi connectivity index (χ4n) is 4.30. The van der Waals surface area contributed by atoms with Gasteiger partial charge in [-0.2, -0.15) is 0 Å². The molecule has 18 heavy (non-hydrogen) atoms. The molecule has 0 aromatic carbocycles. The van der Waals surface area contributed by atoms with Gasteiger partial charge in [0.25, 0.3) is 0 Å². The van der Waals surface area contributed by atoms with Crippen LogP contribution in [-0.2, 0) is 0 Å². The van der Waals surface area contributed by atoms with Crippen LogP contribution in [0.15, 0.2) is 0 Å². The number of likely N-dealkylation sites (N-methyl/N-ethyl adjacent to an activating group) is 1. The van der Waals surface area contributed by atoms with Gasteiger partial charge in [0.05, 0.1) is 0 Å². The first-order chi connectivity index (χ1) is 8.49. The molecule has 1 aliphatic heterocycles. The summed E-state index contributed by atoms with van der Waals surface area (Å²) in [5.41, 5.74) is 6.48. The van der Waals surface area contributed by atoms with Crippen molar-refractivity contribution in [3.63, 3.8) is 0 Å². The molecule has 0 bridgehead atoms. The Labute approximate surface area is 113 Å². The summed E-state index contributed by atoms with van der Waals surface area (Å²) in [7, 11) is 2.24. The van der Waals surface area contributed by atoms with Crippen molar-refractivity contribution < 1.29 is 0 Å². The van der Waals surface area contributed by atoms with E-state index < -0.39 is 0 Å². The molecule has 106 valence electrons. The van der Waals surface area contributed by atoms with Crippen LogP contribution in [0.2, 0.25) is 0 Å². The van der Waals surface area contributed by atoms with Crippen molar-refractivity contribution in [2.45, 2.75) is 58.2 Å². The average Bonchev–Trinajstić information content (AvgIpc) is 2.39. The summed E-state index contributed by atoms with van der Waals surface area (Å²) in [6, 6.07) is 1.61. The molecule has 0 aromatic rings. The van der Waals surface area contributed by atoms with Gasteiger partial charge in [-0.15, -0.1) is 0 Å². The van der Waals surface area contributed by atoms with E-state index in [1.54, 1.807) is 0 Å². The second-order valence-corrected chi connectivity index (χ2v) is 6.91. The first-order valence-electron chi connectivity index (χ1n) is 7.69. The van der Waals surface area contributed by atoms with E-state index in [4.69, 9.17) is 5.73 Å². The summed E-state index contributed by atoms with van der Waals surface area (Å²) < 4.78 is 0. The Hall–Kier alpha value is -0.120. The summed E-state index contributed by atoms with van der Waals surface area (Å²) >= 11 is 0. The Morgan fingerprint density at radius 3 is 2.44 bits per heavy atom. The number of rotatable bonds is 1. The molecule has 0 aromatic heterocycles. The molecule has 3 heteroatoms. The van der Waals surface area contributed by atoms with Gasteiger partial charge in [-0.1, -0.05) is 13.8 Å². The Morgan fingerprint density at radius 2 is 1.78 bits per heavy atom. The van der Waals surface area contributed by atoms with Crippen LogP contribution in [0.1, 0.15) is 40.0 Å². The highest BCUT2D eigenvalue weighted by molar-refractivity contribution is 4.95. The third-order valence-corrected chi connectivity index (χ3v) is 4.95. The molecule has 2 aliphatic rings. The summed E-state index contributed by atoms with van der Waals surface area (Å²) in [6.45, 7) is 10.8. The maximum atomic E-state index is 6.48. The fraction of sp³-hybridized carbons (Fsp3) is 1.00. The van der Waals surface area contributed by atoms with Crippen LogP contribution in [0, 0.1) is 11.8 Å². The molecule has 1 heterocycles. The van der Waals surface area contributed by atoms with Crippen molar-refractivity contribution in [3.05, 3.63) is 0 Å². The molecule has 0 amide bonds. The van der Waals surface area contributed by atoms with Gasteiger partial charge in [0.15, 0.2) is 0 Å². The highest BCUT2D eigenvalue weighted by atomic mass is 15.3. The zero-order valence-corrected chi connectivity index (χ0v) is 12.6. The van der Waals surface area contributed by atoms with Crippen LogP contribution in [0.5, 0.6) is 0 Å². The number of hydrogen-bond acceptors (Lipinski definition) is 3. The molecule has 2 N–H and O–H groups in total. The van der Waals surface area contributed by atoms with Crippen molar-refractivity contribution in [1.82, 2.24) is 9.80 Å². The minimum atomic E-state index is 0.370. The molecule has 2 fully saturated rings. The SMILES string of the molecule is CC1CC(C)C(N2CCCN(C)CC2C)C(N)C1. The van der Waals surface area contributed by atoms with E-state index in [2.05, 4.69) is 37.6 Å². The molecule has 5 atom stereocenters. The normalized spacial score (nSPS) is 44.8. The summed E-state index contributed by atoms with van der Waals surface area (Å²) in [5, 5.41) is 0. The lowest BCUT2D eigenvalue weighted by atomic mass is 9.76. The van der Waals surface area contributed by atoms with E-state index >= 15 is 0 Å². The van der Waals surface area contributed by atoms with Gasteiger partial charge in [0, 0.05) is 31.2 Å².